The summed E-state index contributed by atoms with van der Waals surface area (Å²) >= 11 is 0. The second-order valence-electron chi connectivity index (χ2n) is 4.89. The summed E-state index contributed by atoms with van der Waals surface area (Å²) in [5.74, 6) is 0.621. The number of nitro benzene ring substituents is 1. The van der Waals surface area contributed by atoms with Crippen LogP contribution in [0.15, 0.2) is 23.1 Å². The fourth-order valence-electron chi connectivity index (χ4n) is 1.73. The molecule has 1 fully saturated rings. The molecule has 2 rings (SSSR count). The monoisotopic (exact) mass is 315 g/mol. The van der Waals surface area contributed by atoms with E-state index in [1.165, 1.54) is 12.8 Å². The molecule has 3 N–H and O–H groups in total. The van der Waals surface area contributed by atoms with Crippen LogP contribution in [0.5, 0.6) is 0 Å². The van der Waals surface area contributed by atoms with Gasteiger partial charge in [-0.3, -0.25) is 10.1 Å². The highest BCUT2D eigenvalue weighted by molar-refractivity contribution is 7.89. The molecule has 1 aliphatic rings. The van der Waals surface area contributed by atoms with Gasteiger partial charge < -0.3 is 10.5 Å². The van der Waals surface area contributed by atoms with Gasteiger partial charge in [-0.05, 0) is 30.9 Å². The molecule has 0 atom stereocenters. The van der Waals surface area contributed by atoms with Crippen LogP contribution in [-0.4, -0.2) is 33.1 Å². The van der Waals surface area contributed by atoms with Crippen molar-refractivity contribution >= 4 is 21.4 Å². The molecule has 1 saturated carbocycles. The topological polar surface area (TPSA) is 125 Å². The minimum atomic E-state index is -3.74. The van der Waals surface area contributed by atoms with E-state index in [0.29, 0.717) is 12.5 Å². The molecule has 0 bridgehead atoms. The number of hydrogen-bond acceptors (Lipinski definition) is 6. The zero-order valence-electron chi connectivity index (χ0n) is 11.3. The molecule has 0 radical (unpaired) electrons. The van der Waals surface area contributed by atoms with Crippen LogP contribution in [0.4, 0.5) is 11.4 Å². The standard InChI is InChI=1S/C12H17N3O5S/c13-11-7-10(3-4-12(11)15(16)17)21(18,19)14-5-6-20-8-9-1-2-9/h3-4,7,9,14H,1-2,5-6,8,13H2. The van der Waals surface area contributed by atoms with E-state index in [1.807, 2.05) is 0 Å². The SMILES string of the molecule is Nc1cc(S(=O)(=O)NCCOCC2CC2)ccc1[N+](=O)[O-]. The van der Waals surface area contributed by atoms with Gasteiger partial charge in [-0.2, -0.15) is 0 Å². The Balaban J connectivity index is 1.91. The number of sulfonamides is 1. The lowest BCUT2D eigenvalue weighted by Gasteiger charge is -2.08. The van der Waals surface area contributed by atoms with E-state index in [0.717, 1.165) is 18.2 Å². The molecule has 0 amide bonds. The van der Waals surface area contributed by atoms with Crippen molar-refractivity contribution in [2.45, 2.75) is 17.7 Å². The first-order chi connectivity index (χ1) is 9.90. The summed E-state index contributed by atoms with van der Waals surface area (Å²) in [4.78, 5) is 9.86. The average molecular weight is 315 g/mol. The first-order valence-electron chi connectivity index (χ1n) is 6.51. The molecule has 0 spiro atoms. The van der Waals surface area contributed by atoms with Crippen LogP contribution in [-0.2, 0) is 14.8 Å². The van der Waals surface area contributed by atoms with Crippen LogP contribution < -0.4 is 10.5 Å². The molecular weight excluding hydrogens is 298 g/mol. The Morgan fingerprint density at radius 1 is 1.43 bits per heavy atom. The Morgan fingerprint density at radius 2 is 2.14 bits per heavy atom. The molecule has 21 heavy (non-hydrogen) atoms. The number of nitrogens with zero attached hydrogens (tertiary/aromatic N) is 1. The second kappa shape index (κ2) is 6.37. The van der Waals surface area contributed by atoms with E-state index >= 15 is 0 Å². The van der Waals surface area contributed by atoms with Gasteiger partial charge in [0.15, 0.2) is 0 Å². The molecule has 1 aliphatic carbocycles. The average Bonchev–Trinajstić information content (AvgIpc) is 3.21. The van der Waals surface area contributed by atoms with Gasteiger partial charge >= 0.3 is 0 Å². The maximum Gasteiger partial charge on any atom is 0.292 e. The molecule has 9 heteroatoms. The van der Waals surface area contributed by atoms with Crippen LogP contribution in [0.3, 0.4) is 0 Å². The minimum Gasteiger partial charge on any atom is -0.393 e. The van der Waals surface area contributed by atoms with Gasteiger partial charge in [0.25, 0.3) is 5.69 Å². The summed E-state index contributed by atoms with van der Waals surface area (Å²) in [6, 6.07) is 3.31. The number of hydrogen-bond donors (Lipinski definition) is 2. The Bertz CT molecular complexity index is 628. The van der Waals surface area contributed by atoms with Crippen LogP contribution in [0.25, 0.3) is 0 Å². The van der Waals surface area contributed by atoms with E-state index in [4.69, 9.17) is 10.5 Å². The summed E-state index contributed by atoms with van der Waals surface area (Å²) < 4.78 is 31.7. The number of nitrogens with two attached hydrogens (primary N) is 1. The van der Waals surface area contributed by atoms with Crippen molar-refractivity contribution in [1.29, 1.82) is 0 Å². The van der Waals surface area contributed by atoms with Crippen LogP contribution in [0, 0.1) is 16.0 Å². The Kier molecular flexibility index (Phi) is 4.76. The molecular formula is C12H17N3O5S. The summed E-state index contributed by atoms with van der Waals surface area (Å²) in [5, 5.41) is 10.6. The van der Waals surface area contributed by atoms with Crippen molar-refractivity contribution < 1.29 is 18.1 Å². The zero-order chi connectivity index (χ0) is 15.5. The smallest absolute Gasteiger partial charge is 0.292 e. The highest BCUT2D eigenvalue weighted by Gasteiger charge is 2.21. The normalized spacial score (nSPS) is 15.0. The predicted octanol–water partition coefficient (Wildman–Crippen LogP) is 0.882. The molecule has 8 nitrogen and oxygen atoms in total. The van der Waals surface area contributed by atoms with Gasteiger partial charge in [0, 0.05) is 19.2 Å². The second-order valence-corrected chi connectivity index (χ2v) is 6.66. The highest BCUT2D eigenvalue weighted by Crippen LogP contribution is 2.28. The van der Waals surface area contributed by atoms with Gasteiger partial charge in [-0.15, -0.1) is 0 Å². The number of rotatable bonds is 8. The first kappa shape index (κ1) is 15.7. The fourth-order valence-corrected chi connectivity index (χ4v) is 2.78. The number of nitrogens with one attached hydrogen (secondary N) is 1. The van der Waals surface area contributed by atoms with Crippen LogP contribution in [0.2, 0.25) is 0 Å². The number of benzene rings is 1. The molecule has 0 saturated heterocycles. The maximum absolute atomic E-state index is 12.0. The lowest BCUT2D eigenvalue weighted by atomic mass is 10.3. The van der Waals surface area contributed by atoms with Crippen molar-refractivity contribution in [3.05, 3.63) is 28.3 Å². The van der Waals surface area contributed by atoms with E-state index in [-0.39, 0.29) is 29.4 Å². The molecule has 0 heterocycles. The number of nitrogen functional groups attached to an aromatic ring is 1. The molecule has 1 aromatic carbocycles. The molecule has 0 unspecified atom stereocenters. The largest absolute Gasteiger partial charge is 0.393 e. The van der Waals surface area contributed by atoms with Crippen molar-refractivity contribution in [1.82, 2.24) is 4.72 Å². The molecule has 1 aromatic rings. The van der Waals surface area contributed by atoms with Crippen molar-refractivity contribution in [3.8, 4) is 0 Å². The van der Waals surface area contributed by atoms with Crippen LogP contribution in [0.1, 0.15) is 12.8 Å². The minimum absolute atomic E-state index is 0.104. The van der Waals surface area contributed by atoms with Gasteiger partial charge in [0.05, 0.1) is 16.4 Å². The predicted molar refractivity (Wildman–Crippen MR) is 76.2 cm³/mol. The van der Waals surface area contributed by atoms with E-state index < -0.39 is 14.9 Å². The molecule has 116 valence electrons. The number of nitro groups is 1. The van der Waals surface area contributed by atoms with Crippen molar-refractivity contribution in [3.63, 3.8) is 0 Å². The van der Waals surface area contributed by atoms with Crippen molar-refractivity contribution in [2.24, 2.45) is 5.92 Å². The lowest BCUT2D eigenvalue weighted by molar-refractivity contribution is -0.383. The number of anilines is 1. The Hall–Kier alpha value is -1.71. The Labute approximate surface area is 122 Å². The lowest BCUT2D eigenvalue weighted by Crippen LogP contribution is -2.27. The van der Waals surface area contributed by atoms with E-state index in [2.05, 4.69) is 4.72 Å². The van der Waals surface area contributed by atoms with E-state index in [1.54, 1.807) is 0 Å². The third kappa shape index (κ3) is 4.38. The summed E-state index contributed by atoms with van der Waals surface area (Å²) in [5.41, 5.74) is 4.97. The van der Waals surface area contributed by atoms with Gasteiger partial charge in [-0.25, -0.2) is 13.1 Å². The third-order valence-electron chi connectivity index (χ3n) is 3.09. The quantitative estimate of drug-likeness (QED) is 0.317. The highest BCUT2D eigenvalue weighted by atomic mass is 32.2. The van der Waals surface area contributed by atoms with Gasteiger partial charge in [0.2, 0.25) is 10.0 Å². The van der Waals surface area contributed by atoms with E-state index in [9.17, 15) is 18.5 Å². The first-order valence-corrected chi connectivity index (χ1v) is 8.00. The summed E-state index contributed by atoms with van der Waals surface area (Å²) in [6.07, 6.45) is 2.35. The van der Waals surface area contributed by atoms with Gasteiger partial charge in [0.1, 0.15) is 5.69 Å². The third-order valence-corrected chi connectivity index (χ3v) is 4.55. The number of ether oxygens (including phenoxy) is 1. The van der Waals surface area contributed by atoms with Crippen LogP contribution >= 0.6 is 0 Å². The fraction of sp³-hybridized carbons (Fsp3) is 0.500. The maximum atomic E-state index is 12.0. The molecule has 0 aromatic heterocycles. The van der Waals surface area contributed by atoms with Gasteiger partial charge in [-0.1, -0.05) is 0 Å². The van der Waals surface area contributed by atoms with Crippen molar-refractivity contribution in [2.75, 3.05) is 25.5 Å². The Morgan fingerprint density at radius 3 is 2.71 bits per heavy atom. The summed E-state index contributed by atoms with van der Waals surface area (Å²) in [6.45, 7) is 1.09. The zero-order valence-corrected chi connectivity index (χ0v) is 12.1. The molecule has 0 aliphatic heterocycles. The summed E-state index contributed by atoms with van der Waals surface area (Å²) in [7, 11) is -3.74.